The van der Waals surface area contributed by atoms with Crippen LogP contribution in [-0.2, 0) is 6.54 Å². The number of carbonyl (C=O) groups excluding carboxylic acids is 1. The maximum Gasteiger partial charge on any atom is 0.258 e. The number of hydrogen-bond donors (Lipinski definition) is 3. The smallest absolute Gasteiger partial charge is 0.258 e. The van der Waals surface area contributed by atoms with Gasteiger partial charge in [0.2, 0.25) is 5.88 Å². The lowest BCUT2D eigenvalue weighted by Gasteiger charge is -2.58. The summed E-state index contributed by atoms with van der Waals surface area (Å²) in [5.41, 5.74) is 0.0931. The highest BCUT2D eigenvalue weighted by atomic mass is 16.5. The van der Waals surface area contributed by atoms with E-state index in [1.54, 1.807) is 6.20 Å². The van der Waals surface area contributed by atoms with Gasteiger partial charge in [-0.2, -0.15) is 5.10 Å². The van der Waals surface area contributed by atoms with E-state index in [1.807, 2.05) is 4.68 Å². The van der Waals surface area contributed by atoms with Gasteiger partial charge < -0.3 is 25.4 Å². The molecule has 6 aliphatic rings. The summed E-state index contributed by atoms with van der Waals surface area (Å²) in [5, 5.41) is 22.5. The van der Waals surface area contributed by atoms with Gasteiger partial charge in [0.05, 0.1) is 24.9 Å². The lowest BCUT2D eigenvalue weighted by atomic mass is 9.52. The zero-order valence-corrected chi connectivity index (χ0v) is 21.8. The fraction of sp³-hybridized carbons (Fsp3) is 0.857. The van der Waals surface area contributed by atoms with Crippen LogP contribution < -0.4 is 15.4 Å². The molecule has 2 unspecified atom stereocenters. The number of aromatic nitrogens is 2. The molecular formula is C28H45N5O3. The number of ether oxygens (including phenoxy) is 1. The van der Waals surface area contributed by atoms with Crippen molar-refractivity contribution in [2.45, 2.75) is 88.8 Å². The lowest BCUT2D eigenvalue weighted by Crippen LogP contribution is -2.61. The monoisotopic (exact) mass is 499 g/mol. The number of nitrogens with one attached hydrogen (secondary N) is 2. The number of aliphatic hydroxyl groups is 1. The Morgan fingerprint density at radius 3 is 2.67 bits per heavy atom. The molecule has 7 rings (SSSR count). The molecule has 0 radical (unpaired) electrons. The molecule has 1 saturated heterocycles. The molecule has 1 aromatic heterocycles. The molecule has 36 heavy (non-hydrogen) atoms. The summed E-state index contributed by atoms with van der Waals surface area (Å²) < 4.78 is 8.35. The first kappa shape index (κ1) is 24.7. The van der Waals surface area contributed by atoms with Crippen molar-refractivity contribution in [1.82, 2.24) is 25.3 Å². The number of nitrogens with zero attached hydrogens (tertiary/aromatic N) is 3. The van der Waals surface area contributed by atoms with E-state index in [0.717, 1.165) is 77.8 Å². The van der Waals surface area contributed by atoms with Crippen molar-refractivity contribution in [1.29, 1.82) is 0 Å². The van der Waals surface area contributed by atoms with E-state index in [-0.39, 0.29) is 11.9 Å². The highest BCUT2D eigenvalue weighted by Gasteiger charge is 2.55. The minimum atomic E-state index is -0.486. The SMILES string of the molecule is O=C(NC1C2CC3CC1CC(O)(C3)C2)c1cnn(CCN2CCCNCC2)c1OCC1CCCCC1. The van der Waals surface area contributed by atoms with Crippen molar-refractivity contribution in [3.05, 3.63) is 11.8 Å². The molecule has 1 aromatic rings. The molecule has 1 aliphatic heterocycles. The van der Waals surface area contributed by atoms with Crippen molar-refractivity contribution >= 4 is 5.91 Å². The van der Waals surface area contributed by atoms with Crippen LogP contribution in [0.15, 0.2) is 6.20 Å². The largest absolute Gasteiger partial charge is 0.477 e. The van der Waals surface area contributed by atoms with Crippen LogP contribution in [0.2, 0.25) is 0 Å². The first-order valence-corrected chi connectivity index (χ1v) is 14.7. The van der Waals surface area contributed by atoms with Crippen LogP contribution in [0.4, 0.5) is 0 Å². The van der Waals surface area contributed by atoms with E-state index in [2.05, 4.69) is 20.6 Å². The summed E-state index contributed by atoms with van der Waals surface area (Å²) in [6, 6.07) is 0.161. The van der Waals surface area contributed by atoms with Gasteiger partial charge in [-0.05, 0) is 88.1 Å². The number of amides is 1. The van der Waals surface area contributed by atoms with Gasteiger partial charge in [-0.3, -0.25) is 4.79 Å². The minimum absolute atomic E-state index is 0.0525. The Bertz CT molecular complexity index is 889. The fourth-order valence-electron chi connectivity index (χ4n) is 8.20. The van der Waals surface area contributed by atoms with Gasteiger partial charge in [-0.25, -0.2) is 4.68 Å². The molecule has 4 bridgehead atoms. The van der Waals surface area contributed by atoms with Gasteiger partial charge in [0.1, 0.15) is 5.56 Å². The summed E-state index contributed by atoms with van der Waals surface area (Å²) in [4.78, 5) is 16.1. The lowest BCUT2D eigenvalue weighted by molar-refractivity contribution is -0.136. The third kappa shape index (κ3) is 5.32. The normalized spacial score (nSPS) is 35.0. The van der Waals surface area contributed by atoms with Crippen LogP contribution in [0.1, 0.15) is 81.0 Å². The third-order valence-electron chi connectivity index (χ3n) is 9.82. The maximum atomic E-state index is 13.6. The Hall–Kier alpha value is -1.64. The van der Waals surface area contributed by atoms with Gasteiger partial charge >= 0.3 is 0 Å². The first-order chi connectivity index (χ1) is 17.6. The summed E-state index contributed by atoms with van der Waals surface area (Å²) in [5.74, 6) is 2.58. The average Bonchev–Trinajstić information content (AvgIpc) is 3.08. The topological polar surface area (TPSA) is 91.7 Å². The van der Waals surface area contributed by atoms with Crippen molar-refractivity contribution in [3.8, 4) is 5.88 Å². The zero-order chi connectivity index (χ0) is 24.5. The minimum Gasteiger partial charge on any atom is -0.477 e. The van der Waals surface area contributed by atoms with Gasteiger partial charge in [-0.15, -0.1) is 0 Å². The fourth-order valence-corrected chi connectivity index (χ4v) is 8.20. The molecule has 0 aromatic carbocycles. The maximum absolute atomic E-state index is 13.6. The molecule has 1 amide bonds. The van der Waals surface area contributed by atoms with Crippen LogP contribution >= 0.6 is 0 Å². The van der Waals surface area contributed by atoms with Gasteiger partial charge in [0.25, 0.3) is 5.91 Å². The third-order valence-corrected chi connectivity index (χ3v) is 9.82. The highest BCUT2D eigenvalue weighted by Crippen LogP contribution is 2.55. The van der Waals surface area contributed by atoms with E-state index < -0.39 is 5.60 Å². The van der Waals surface area contributed by atoms with Gasteiger partial charge in [0, 0.05) is 25.7 Å². The molecule has 3 N–H and O–H groups in total. The molecule has 8 heteroatoms. The van der Waals surface area contributed by atoms with Crippen LogP contribution in [0, 0.1) is 23.7 Å². The zero-order valence-electron chi connectivity index (χ0n) is 21.8. The molecule has 200 valence electrons. The van der Waals surface area contributed by atoms with Crippen LogP contribution in [-0.4, -0.2) is 76.7 Å². The second kappa shape index (κ2) is 10.6. The molecule has 6 fully saturated rings. The summed E-state index contributed by atoms with van der Waals surface area (Å²) in [7, 11) is 0. The number of hydrogen-bond acceptors (Lipinski definition) is 6. The number of rotatable bonds is 8. The van der Waals surface area contributed by atoms with Gasteiger partial charge in [0.15, 0.2) is 0 Å². The number of carbonyl (C=O) groups is 1. The molecule has 5 saturated carbocycles. The molecule has 8 nitrogen and oxygen atoms in total. The van der Waals surface area contributed by atoms with Crippen LogP contribution in [0.25, 0.3) is 0 Å². The van der Waals surface area contributed by atoms with Crippen molar-refractivity contribution < 1.29 is 14.6 Å². The molecule has 0 spiro atoms. The summed E-state index contributed by atoms with van der Waals surface area (Å²) in [6.45, 7) is 6.57. The quantitative estimate of drug-likeness (QED) is 0.510. The van der Waals surface area contributed by atoms with Gasteiger partial charge in [-0.1, -0.05) is 19.3 Å². The predicted octanol–water partition coefficient (Wildman–Crippen LogP) is 2.81. The molecular weight excluding hydrogens is 454 g/mol. The Labute approximate surface area is 215 Å². The summed E-state index contributed by atoms with van der Waals surface area (Å²) in [6.07, 6.45) is 14.1. The van der Waals surface area contributed by atoms with Crippen LogP contribution in [0.5, 0.6) is 5.88 Å². The molecule has 5 aliphatic carbocycles. The van der Waals surface area contributed by atoms with Crippen molar-refractivity contribution in [2.24, 2.45) is 23.7 Å². The Morgan fingerprint density at radius 2 is 1.89 bits per heavy atom. The molecule has 2 atom stereocenters. The molecule has 2 heterocycles. The standard InChI is InChI=1S/C28H45N5O3/c34-26(31-25-22-13-21-14-23(25)17-28(35,15-21)16-22)24-18-30-33(12-11-32-9-4-7-29-8-10-32)27(24)36-19-20-5-2-1-3-6-20/h18,20-23,25,29,35H,1-17,19H2,(H,31,34). The van der Waals surface area contributed by atoms with E-state index in [0.29, 0.717) is 41.7 Å². The van der Waals surface area contributed by atoms with E-state index in [1.165, 1.54) is 32.1 Å². The van der Waals surface area contributed by atoms with E-state index in [4.69, 9.17) is 4.74 Å². The first-order valence-electron chi connectivity index (χ1n) is 14.7. The van der Waals surface area contributed by atoms with Crippen molar-refractivity contribution in [3.63, 3.8) is 0 Å². The Kier molecular flexibility index (Phi) is 7.28. The van der Waals surface area contributed by atoms with Crippen LogP contribution in [0.3, 0.4) is 0 Å². The average molecular weight is 500 g/mol. The van der Waals surface area contributed by atoms with E-state index in [9.17, 15) is 9.90 Å². The van der Waals surface area contributed by atoms with Crippen molar-refractivity contribution in [2.75, 3.05) is 39.3 Å². The predicted molar refractivity (Wildman–Crippen MR) is 138 cm³/mol. The summed E-state index contributed by atoms with van der Waals surface area (Å²) >= 11 is 0. The Balaban J connectivity index is 1.15. The van der Waals surface area contributed by atoms with E-state index >= 15 is 0 Å². The highest BCUT2D eigenvalue weighted by molar-refractivity contribution is 5.96. The Morgan fingerprint density at radius 1 is 1.08 bits per heavy atom. The second-order valence-corrected chi connectivity index (χ2v) is 12.5. The second-order valence-electron chi connectivity index (χ2n) is 12.5.